The number of amides is 1. The molecule has 0 spiro atoms. The Morgan fingerprint density at radius 1 is 1.13 bits per heavy atom. The highest BCUT2D eigenvalue weighted by molar-refractivity contribution is 6.00. The maximum atomic E-state index is 12.4. The zero-order valence-corrected chi connectivity index (χ0v) is 13.8. The largest absolute Gasteiger partial charge is 0.493 e. The molecule has 2 N–H and O–H groups in total. The van der Waals surface area contributed by atoms with Crippen LogP contribution >= 0.6 is 0 Å². The number of carboxylic acid groups (broad SMARTS) is 1. The Labute approximate surface area is 135 Å². The predicted molar refractivity (Wildman–Crippen MR) is 84.5 cm³/mol. The van der Waals surface area contributed by atoms with Crippen molar-refractivity contribution in [3.63, 3.8) is 0 Å². The van der Waals surface area contributed by atoms with Crippen LogP contribution in [0.5, 0.6) is 17.2 Å². The summed E-state index contributed by atoms with van der Waals surface area (Å²) in [4.78, 5) is 23.7. The molecule has 0 heterocycles. The highest BCUT2D eigenvalue weighted by Crippen LogP contribution is 2.39. The second-order valence-electron chi connectivity index (χ2n) is 4.89. The Morgan fingerprint density at radius 3 is 2.26 bits per heavy atom. The molecule has 1 unspecified atom stereocenters. The Morgan fingerprint density at radius 2 is 1.78 bits per heavy atom. The average Bonchev–Trinajstić information content (AvgIpc) is 2.56. The molecule has 128 valence electrons. The summed E-state index contributed by atoms with van der Waals surface area (Å²) in [5.41, 5.74) is 0.188. The summed E-state index contributed by atoms with van der Waals surface area (Å²) >= 11 is 0. The van der Waals surface area contributed by atoms with Crippen molar-refractivity contribution in [2.24, 2.45) is 0 Å². The molecule has 0 bridgehead atoms. The molecule has 0 aliphatic rings. The average molecular weight is 325 g/mol. The monoisotopic (exact) mass is 325 g/mol. The maximum Gasteiger partial charge on any atom is 0.326 e. The van der Waals surface area contributed by atoms with Crippen molar-refractivity contribution in [3.8, 4) is 17.2 Å². The zero-order valence-electron chi connectivity index (χ0n) is 13.8. The van der Waals surface area contributed by atoms with Gasteiger partial charge in [0.15, 0.2) is 11.5 Å². The molecule has 7 nitrogen and oxygen atoms in total. The molecular weight excluding hydrogens is 302 g/mol. The second kappa shape index (κ2) is 8.87. The highest BCUT2D eigenvalue weighted by Gasteiger charge is 2.25. The van der Waals surface area contributed by atoms with Crippen molar-refractivity contribution in [2.75, 3.05) is 21.3 Å². The van der Waals surface area contributed by atoms with Gasteiger partial charge in [-0.05, 0) is 18.6 Å². The van der Waals surface area contributed by atoms with Gasteiger partial charge in [-0.15, -0.1) is 0 Å². The first kappa shape index (κ1) is 18.6. The molecule has 7 heteroatoms. The topological polar surface area (TPSA) is 94.1 Å². The van der Waals surface area contributed by atoms with Crippen LogP contribution in [-0.4, -0.2) is 44.4 Å². The van der Waals surface area contributed by atoms with E-state index in [1.165, 1.54) is 27.4 Å². The number of unbranched alkanes of at least 4 members (excludes halogenated alkanes) is 1. The number of hydrogen-bond donors (Lipinski definition) is 2. The normalized spacial score (nSPS) is 11.5. The minimum atomic E-state index is -1.06. The van der Waals surface area contributed by atoms with Gasteiger partial charge in [-0.25, -0.2) is 4.79 Å². The van der Waals surface area contributed by atoms with Crippen LogP contribution in [0.25, 0.3) is 0 Å². The molecule has 0 aliphatic carbocycles. The zero-order chi connectivity index (χ0) is 17.4. The van der Waals surface area contributed by atoms with Crippen LogP contribution in [0.1, 0.15) is 36.5 Å². The summed E-state index contributed by atoms with van der Waals surface area (Å²) in [7, 11) is 4.31. The standard InChI is InChI=1S/C16H23NO6/c1-5-6-7-11(16(19)20)17-15(18)10-8-9-12(21-2)14(23-4)13(10)22-3/h8-9,11H,5-7H2,1-4H3,(H,17,18)(H,19,20). The van der Waals surface area contributed by atoms with E-state index < -0.39 is 17.9 Å². The van der Waals surface area contributed by atoms with Gasteiger partial charge < -0.3 is 24.6 Å². The minimum absolute atomic E-state index is 0.188. The Bertz CT molecular complexity index is 558. The molecule has 0 fully saturated rings. The molecule has 0 aromatic heterocycles. The molecule has 23 heavy (non-hydrogen) atoms. The van der Waals surface area contributed by atoms with Crippen LogP contribution in [0.2, 0.25) is 0 Å². The first-order valence-electron chi connectivity index (χ1n) is 7.32. The molecule has 0 aliphatic heterocycles. The van der Waals surface area contributed by atoms with Crippen molar-refractivity contribution >= 4 is 11.9 Å². The van der Waals surface area contributed by atoms with E-state index in [1.807, 2.05) is 6.92 Å². The fraction of sp³-hybridized carbons (Fsp3) is 0.500. The minimum Gasteiger partial charge on any atom is -0.493 e. The van der Waals surface area contributed by atoms with Crippen molar-refractivity contribution in [2.45, 2.75) is 32.2 Å². The quantitative estimate of drug-likeness (QED) is 0.722. The van der Waals surface area contributed by atoms with Gasteiger partial charge in [0.25, 0.3) is 5.91 Å². The third-order valence-electron chi connectivity index (χ3n) is 3.40. The smallest absolute Gasteiger partial charge is 0.326 e. The molecule has 0 radical (unpaired) electrons. The molecular formula is C16H23NO6. The summed E-state index contributed by atoms with van der Waals surface area (Å²) in [5.74, 6) is -0.703. The van der Waals surface area contributed by atoms with E-state index in [4.69, 9.17) is 14.2 Å². The van der Waals surface area contributed by atoms with E-state index in [0.29, 0.717) is 18.6 Å². The van der Waals surface area contributed by atoms with Crippen LogP contribution in [0, 0.1) is 0 Å². The first-order chi connectivity index (χ1) is 11.0. The number of ether oxygens (including phenoxy) is 3. The number of rotatable bonds is 9. The SMILES string of the molecule is CCCCC(NC(=O)c1ccc(OC)c(OC)c1OC)C(=O)O. The number of hydrogen-bond acceptors (Lipinski definition) is 5. The van der Waals surface area contributed by atoms with Gasteiger partial charge in [-0.1, -0.05) is 19.8 Å². The number of aliphatic carboxylic acids is 1. The van der Waals surface area contributed by atoms with Crippen LogP contribution in [0.15, 0.2) is 12.1 Å². The summed E-state index contributed by atoms with van der Waals surface area (Å²) in [6.07, 6.45) is 1.92. The van der Waals surface area contributed by atoms with Crippen molar-refractivity contribution in [1.82, 2.24) is 5.32 Å². The number of carboxylic acids is 1. The van der Waals surface area contributed by atoms with Gasteiger partial charge in [0.1, 0.15) is 6.04 Å². The van der Waals surface area contributed by atoms with E-state index in [1.54, 1.807) is 6.07 Å². The molecule has 1 aromatic rings. The van der Waals surface area contributed by atoms with Crippen LogP contribution in [-0.2, 0) is 4.79 Å². The van der Waals surface area contributed by atoms with E-state index in [0.717, 1.165) is 6.42 Å². The molecule has 1 atom stereocenters. The predicted octanol–water partition coefficient (Wildman–Crippen LogP) is 2.09. The van der Waals surface area contributed by atoms with Gasteiger partial charge >= 0.3 is 5.97 Å². The van der Waals surface area contributed by atoms with Gasteiger partial charge in [0.05, 0.1) is 26.9 Å². The van der Waals surface area contributed by atoms with E-state index >= 15 is 0 Å². The molecule has 0 saturated heterocycles. The summed E-state index contributed by atoms with van der Waals surface area (Å²) in [5, 5.41) is 11.7. The highest BCUT2D eigenvalue weighted by atomic mass is 16.5. The van der Waals surface area contributed by atoms with Crippen LogP contribution in [0.4, 0.5) is 0 Å². The Balaban J connectivity index is 3.09. The summed E-state index contributed by atoms with van der Waals surface area (Å²) < 4.78 is 15.6. The van der Waals surface area contributed by atoms with Crippen LogP contribution < -0.4 is 19.5 Å². The lowest BCUT2D eigenvalue weighted by Crippen LogP contribution is -2.40. The molecule has 1 amide bonds. The van der Waals surface area contributed by atoms with E-state index in [9.17, 15) is 14.7 Å². The third kappa shape index (κ3) is 4.51. The van der Waals surface area contributed by atoms with E-state index in [2.05, 4.69) is 5.32 Å². The number of nitrogens with one attached hydrogen (secondary N) is 1. The Hall–Kier alpha value is -2.44. The molecule has 0 saturated carbocycles. The maximum absolute atomic E-state index is 12.4. The van der Waals surface area contributed by atoms with Crippen molar-refractivity contribution in [3.05, 3.63) is 17.7 Å². The number of methoxy groups -OCH3 is 3. The lowest BCUT2D eigenvalue weighted by molar-refractivity contribution is -0.139. The fourth-order valence-corrected chi connectivity index (χ4v) is 2.18. The van der Waals surface area contributed by atoms with Gasteiger partial charge in [-0.3, -0.25) is 4.79 Å². The number of carbonyl (C=O) groups excluding carboxylic acids is 1. The lowest BCUT2D eigenvalue weighted by atomic mass is 10.1. The summed E-state index contributed by atoms with van der Waals surface area (Å²) in [6.45, 7) is 1.96. The number of carbonyl (C=O) groups is 2. The number of benzene rings is 1. The van der Waals surface area contributed by atoms with Crippen LogP contribution in [0.3, 0.4) is 0 Å². The lowest BCUT2D eigenvalue weighted by Gasteiger charge is -2.18. The summed E-state index contributed by atoms with van der Waals surface area (Å²) in [6, 6.07) is 2.13. The second-order valence-corrected chi connectivity index (χ2v) is 4.89. The fourth-order valence-electron chi connectivity index (χ4n) is 2.18. The van der Waals surface area contributed by atoms with E-state index in [-0.39, 0.29) is 17.1 Å². The third-order valence-corrected chi connectivity index (χ3v) is 3.40. The van der Waals surface area contributed by atoms with Gasteiger partial charge in [-0.2, -0.15) is 0 Å². The Kier molecular flexibility index (Phi) is 7.18. The van der Waals surface area contributed by atoms with Crippen molar-refractivity contribution < 1.29 is 28.9 Å². The van der Waals surface area contributed by atoms with Gasteiger partial charge in [0, 0.05) is 0 Å². The first-order valence-corrected chi connectivity index (χ1v) is 7.32. The van der Waals surface area contributed by atoms with Crippen molar-refractivity contribution in [1.29, 1.82) is 0 Å². The van der Waals surface area contributed by atoms with Gasteiger partial charge in [0.2, 0.25) is 5.75 Å². The molecule has 1 rings (SSSR count). The molecule has 1 aromatic carbocycles.